The van der Waals surface area contributed by atoms with Gasteiger partial charge in [-0.2, -0.15) is 0 Å². The average molecular weight is 440 g/mol. The number of hydrogen-bond acceptors (Lipinski definition) is 11. The molecule has 0 aromatic heterocycles. The Kier molecular flexibility index (Phi) is 3.15. The zero-order valence-corrected chi connectivity index (χ0v) is 17.3. The molecule has 0 aromatic rings. The van der Waals surface area contributed by atoms with Crippen LogP contribution in [0.3, 0.4) is 0 Å². The second-order valence-electron chi connectivity index (χ2n) is 10.8. The van der Waals surface area contributed by atoms with Crippen LogP contribution in [0.5, 0.6) is 0 Å². The third-order valence-electron chi connectivity index (χ3n) is 8.95. The number of hydrogen-bond donors (Lipinski definition) is 4. The molecule has 2 aliphatic carbocycles. The van der Waals surface area contributed by atoms with E-state index in [0.717, 1.165) is 0 Å². The Bertz CT molecular complexity index is 957. The summed E-state index contributed by atoms with van der Waals surface area (Å²) in [6, 6.07) is 0. The van der Waals surface area contributed by atoms with Crippen LogP contribution in [0.4, 0.5) is 0 Å². The molecule has 31 heavy (non-hydrogen) atoms. The van der Waals surface area contributed by atoms with Gasteiger partial charge in [0.15, 0.2) is 17.8 Å². The van der Waals surface area contributed by atoms with Crippen LogP contribution in [0.15, 0.2) is 0 Å². The van der Waals surface area contributed by atoms with E-state index in [1.54, 1.807) is 20.8 Å². The Hall–Kier alpha value is -1.79. The molecule has 12 atom stereocenters. The molecule has 0 radical (unpaired) electrons. The van der Waals surface area contributed by atoms with E-state index in [1.807, 2.05) is 0 Å². The number of ether oxygens (including phenoxy) is 4. The molecule has 4 N–H and O–H groups in total. The first-order valence-electron chi connectivity index (χ1n) is 10.3. The van der Waals surface area contributed by atoms with Gasteiger partial charge in [0, 0.05) is 5.92 Å². The van der Waals surface area contributed by atoms with Gasteiger partial charge in [0.1, 0.15) is 12.2 Å². The van der Waals surface area contributed by atoms with Crippen LogP contribution in [0.2, 0.25) is 0 Å². The highest BCUT2D eigenvalue weighted by molar-refractivity contribution is 5.94. The van der Waals surface area contributed by atoms with Gasteiger partial charge in [0.2, 0.25) is 11.9 Å². The SMILES string of the molecule is C[C@@H]1C(=O)O[C@H]2[C@H](O)[C@@]34[C@@H]5OC(=O)[C@@]3(O[C@@H]3OC(=O)[C@H](O)[C@]34[C@H](C(C)(C)C)[C@@H]5O)[C@@]12O. The molecule has 6 fully saturated rings. The van der Waals surface area contributed by atoms with Crippen molar-refractivity contribution in [2.45, 2.75) is 75.7 Å². The summed E-state index contributed by atoms with van der Waals surface area (Å²) in [6.45, 7) is 6.63. The van der Waals surface area contributed by atoms with Crippen LogP contribution in [-0.4, -0.2) is 86.3 Å². The van der Waals surface area contributed by atoms with Crippen LogP contribution in [0.25, 0.3) is 0 Å². The van der Waals surface area contributed by atoms with E-state index in [-0.39, 0.29) is 0 Å². The van der Waals surface area contributed by atoms with Crippen molar-refractivity contribution in [3.63, 3.8) is 0 Å². The first-order valence-corrected chi connectivity index (χ1v) is 10.3. The number of aliphatic hydroxyl groups excluding tert-OH is 3. The zero-order valence-electron chi connectivity index (χ0n) is 17.3. The van der Waals surface area contributed by atoms with Crippen molar-refractivity contribution in [2.75, 3.05) is 0 Å². The summed E-state index contributed by atoms with van der Waals surface area (Å²) in [5, 5.41) is 46.1. The molecule has 6 rings (SSSR count). The third kappa shape index (κ3) is 1.43. The quantitative estimate of drug-likeness (QED) is 0.234. The third-order valence-corrected chi connectivity index (χ3v) is 8.95. The molecule has 2 saturated carbocycles. The van der Waals surface area contributed by atoms with Gasteiger partial charge in [0.05, 0.1) is 22.9 Å². The maximum Gasteiger partial charge on any atom is 0.343 e. The summed E-state index contributed by atoms with van der Waals surface area (Å²) >= 11 is 0. The van der Waals surface area contributed by atoms with E-state index in [4.69, 9.17) is 18.9 Å². The molecule has 170 valence electrons. The summed E-state index contributed by atoms with van der Waals surface area (Å²) in [5.74, 6) is -5.22. The smallest absolute Gasteiger partial charge is 0.343 e. The summed E-state index contributed by atoms with van der Waals surface area (Å²) in [5.41, 5.74) is -9.40. The Morgan fingerprint density at radius 3 is 2.19 bits per heavy atom. The molecule has 0 amide bonds. The maximum absolute atomic E-state index is 13.4. The lowest BCUT2D eigenvalue weighted by Gasteiger charge is -2.47. The largest absolute Gasteiger partial charge is 0.456 e. The molecule has 0 aromatic carbocycles. The second kappa shape index (κ2) is 4.91. The number of carbonyl (C=O) groups excluding carboxylic acids is 3. The standard InChI is InChI=1S/C20H24O11/c1-5-12(24)28-11-8(22)18-10-6(21)7(16(2,3)4)17(18)9(23)13(25)30-15(17)31-20(18,14(26)29-10)19(5,11)27/h5-11,15,21-23,27H,1-4H3/t5-,6+,7+,8+,9+,10-,11+,15+,17-,18+,19-,20+/m1/s1. The van der Waals surface area contributed by atoms with Crippen molar-refractivity contribution in [1.82, 2.24) is 0 Å². The van der Waals surface area contributed by atoms with Crippen molar-refractivity contribution in [3.05, 3.63) is 0 Å². The number of esters is 3. The van der Waals surface area contributed by atoms with E-state index in [9.17, 15) is 34.8 Å². The molecule has 4 heterocycles. The van der Waals surface area contributed by atoms with Crippen LogP contribution >= 0.6 is 0 Å². The Balaban J connectivity index is 1.75. The Labute approximate surface area is 176 Å². The topological polar surface area (TPSA) is 169 Å². The Morgan fingerprint density at radius 2 is 1.58 bits per heavy atom. The molecule has 0 bridgehead atoms. The van der Waals surface area contributed by atoms with E-state index >= 15 is 0 Å². The molecule has 2 spiro atoms. The van der Waals surface area contributed by atoms with Crippen LogP contribution < -0.4 is 0 Å². The molecule has 4 aliphatic heterocycles. The number of rotatable bonds is 0. The van der Waals surface area contributed by atoms with Crippen molar-refractivity contribution in [2.24, 2.45) is 28.1 Å². The van der Waals surface area contributed by atoms with E-state index in [1.165, 1.54) is 6.92 Å². The number of carbonyl (C=O) groups is 3. The molecule has 6 aliphatic rings. The number of aliphatic hydroxyl groups is 4. The Morgan fingerprint density at radius 1 is 0.935 bits per heavy atom. The summed E-state index contributed by atoms with van der Waals surface area (Å²) in [4.78, 5) is 38.3. The maximum atomic E-state index is 13.4. The van der Waals surface area contributed by atoms with Crippen molar-refractivity contribution in [3.8, 4) is 0 Å². The van der Waals surface area contributed by atoms with Crippen LogP contribution in [0, 0.1) is 28.1 Å². The fourth-order valence-electron chi connectivity index (χ4n) is 8.27. The predicted octanol–water partition coefficient (Wildman–Crippen LogP) is -2.40. The summed E-state index contributed by atoms with van der Waals surface area (Å²) in [6.07, 6.45) is -9.69. The monoisotopic (exact) mass is 440 g/mol. The highest BCUT2D eigenvalue weighted by atomic mass is 16.8. The lowest BCUT2D eigenvalue weighted by atomic mass is 9.51. The fraction of sp³-hybridized carbons (Fsp3) is 0.850. The molecule has 0 unspecified atom stereocenters. The van der Waals surface area contributed by atoms with Crippen LogP contribution in [0.1, 0.15) is 27.7 Å². The van der Waals surface area contributed by atoms with Crippen molar-refractivity contribution in [1.29, 1.82) is 0 Å². The minimum atomic E-state index is -2.40. The van der Waals surface area contributed by atoms with E-state index in [0.29, 0.717) is 0 Å². The van der Waals surface area contributed by atoms with Gasteiger partial charge >= 0.3 is 17.9 Å². The molecule has 4 saturated heterocycles. The normalized spacial score (nSPS) is 61.0. The lowest BCUT2D eigenvalue weighted by Crippen LogP contribution is -2.67. The highest BCUT2D eigenvalue weighted by Gasteiger charge is 3.05. The van der Waals surface area contributed by atoms with Crippen molar-refractivity contribution >= 4 is 17.9 Å². The van der Waals surface area contributed by atoms with Gasteiger partial charge in [0.25, 0.3) is 0 Å². The molecular formula is C20H24O11. The predicted molar refractivity (Wildman–Crippen MR) is 93.4 cm³/mol. The summed E-state index contributed by atoms with van der Waals surface area (Å²) in [7, 11) is 0. The van der Waals surface area contributed by atoms with E-state index < -0.39 is 94.0 Å². The highest BCUT2D eigenvalue weighted by Crippen LogP contribution is 2.84. The molecular weight excluding hydrogens is 416 g/mol. The fourth-order valence-corrected chi connectivity index (χ4v) is 8.27. The number of fused-ring (bicyclic) bond motifs is 1. The van der Waals surface area contributed by atoms with Crippen LogP contribution in [-0.2, 0) is 33.3 Å². The van der Waals surface area contributed by atoms with Gasteiger partial charge in [-0.15, -0.1) is 0 Å². The molecule has 11 heteroatoms. The first-order chi connectivity index (χ1) is 14.3. The summed E-state index contributed by atoms with van der Waals surface area (Å²) < 4.78 is 22.2. The average Bonchev–Trinajstić information content (AvgIpc) is 3.35. The minimum Gasteiger partial charge on any atom is -0.456 e. The van der Waals surface area contributed by atoms with Gasteiger partial charge in [-0.1, -0.05) is 20.8 Å². The van der Waals surface area contributed by atoms with Gasteiger partial charge in [-0.25, -0.2) is 9.59 Å². The minimum absolute atomic E-state index is 0.792. The first kappa shape index (κ1) is 19.9. The lowest BCUT2D eigenvalue weighted by molar-refractivity contribution is -0.240. The van der Waals surface area contributed by atoms with E-state index in [2.05, 4.69) is 0 Å². The zero-order chi connectivity index (χ0) is 22.7. The van der Waals surface area contributed by atoms with Gasteiger partial charge in [-0.3, -0.25) is 4.79 Å². The second-order valence-corrected chi connectivity index (χ2v) is 10.8. The molecule has 11 nitrogen and oxygen atoms in total. The van der Waals surface area contributed by atoms with Gasteiger partial charge < -0.3 is 39.4 Å². The van der Waals surface area contributed by atoms with Crippen molar-refractivity contribution < 1.29 is 53.8 Å². The van der Waals surface area contributed by atoms with Gasteiger partial charge in [-0.05, 0) is 12.3 Å².